The van der Waals surface area contributed by atoms with Crippen LogP contribution in [0.15, 0.2) is 18.2 Å². The molecule has 0 aliphatic heterocycles. The molecule has 1 aromatic carbocycles. The Morgan fingerprint density at radius 1 is 1.40 bits per heavy atom. The number of benzene rings is 1. The molecule has 2 aromatic rings. The largest absolute Gasteiger partial charge is 0.305 e. The van der Waals surface area contributed by atoms with Gasteiger partial charge in [-0.15, -0.1) is 0 Å². The van der Waals surface area contributed by atoms with E-state index < -0.39 is 10.8 Å². The molecule has 1 heterocycles. The first-order chi connectivity index (χ1) is 9.38. The number of rotatable bonds is 3. The zero-order valence-electron chi connectivity index (χ0n) is 10.1. The second kappa shape index (κ2) is 5.48. The van der Waals surface area contributed by atoms with Crippen LogP contribution in [0.5, 0.6) is 0 Å². The van der Waals surface area contributed by atoms with Crippen LogP contribution in [0.25, 0.3) is 0 Å². The molecular formula is C11H8Cl2N4O3. The number of nitrogens with zero attached hydrogens (tertiary/aromatic N) is 2. The van der Waals surface area contributed by atoms with E-state index in [1.807, 2.05) is 0 Å². The van der Waals surface area contributed by atoms with E-state index in [-0.39, 0.29) is 27.1 Å². The van der Waals surface area contributed by atoms with Crippen LogP contribution in [0, 0.1) is 17.0 Å². The van der Waals surface area contributed by atoms with Crippen LogP contribution in [0.4, 0.5) is 11.5 Å². The minimum atomic E-state index is -0.655. The van der Waals surface area contributed by atoms with Gasteiger partial charge in [-0.05, 0) is 6.92 Å². The van der Waals surface area contributed by atoms with E-state index >= 15 is 0 Å². The number of carbonyl (C=O) groups is 1. The highest BCUT2D eigenvalue weighted by Crippen LogP contribution is 2.31. The Morgan fingerprint density at radius 2 is 2.10 bits per heavy atom. The maximum absolute atomic E-state index is 12.0. The summed E-state index contributed by atoms with van der Waals surface area (Å²) in [6.07, 6.45) is 0. The molecule has 0 atom stereocenters. The number of aryl methyl sites for hydroxylation is 1. The number of carbonyl (C=O) groups excluding carboxylic acids is 1. The molecule has 2 N–H and O–H groups in total. The molecule has 0 unspecified atom stereocenters. The Bertz CT molecular complexity index is 699. The molecule has 7 nitrogen and oxygen atoms in total. The van der Waals surface area contributed by atoms with Crippen molar-refractivity contribution in [3.8, 4) is 0 Å². The van der Waals surface area contributed by atoms with E-state index in [0.29, 0.717) is 0 Å². The Hall–Kier alpha value is -2.12. The number of H-pyrrole nitrogens is 1. The number of non-ortho nitro benzene ring substituents is 1. The summed E-state index contributed by atoms with van der Waals surface area (Å²) in [6, 6.07) is 3.74. The van der Waals surface area contributed by atoms with Gasteiger partial charge in [-0.2, -0.15) is 5.10 Å². The fraction of sp³-hybridized carbons (Fsp3) is 0.0909. The third-order valence-electron chi connectivity index (χ3n) is 2.42. The standard InChI is InChI=1S/C11H8Cl2N4O3/c1-5-2-9(16-15-5)14-11(18)7-3-6(17(19)20)4-8(12)10(7)13/h2-4H,1H3,(H2,14,15,16,18). The van der Waals surface area contributed by atoms with Gasteiger partial charge in [0.1, 0.15) is 0 Å². The van der Waals surface area contributed by atoms with Crippen LogP contribution in [-0.4, -0.2) is 21.0 Å². The SMILES string of the molecule is Cc1cc(NC(=O)c2cc([N+](=O)[O-])cc(Cl)c2Cl)n[nH]1. The lowest BCUT2D eigenvalue weighted by atomic mass is 10.2. The van der Waals surface area contributed by atoms with Gasteiger partial charge in [0, 0.05) is 23.9 Å². The normalized spacial score (nSPS) is 10.3. The molecule has 20 heavy (non-hydrogen) atoms. The predicted molar refractivity (Wildman–Crippen MR) is 74.4 cm³/mol. The molecule has 1 aromatic heterocycles. The molecule has 0 radical (unpaired) electrons. The number of nitro groups is 1. The van der Waals surface area contributed by atoms with Gasteiger partial charge < -0.3 is 5.32 Å². The molecule has 0 fully saturated rings. The van der Waals surface area contributed by atoms with E-state index in [1.54, 1.807) is 13.0 Å². The average molecular weight is 315 g/mol. The Labute approximate surface area is 123 Å². The van der Waals surface area contributed by atoms with Crippen molar-refractivity contribution in [2.24, 2.45) is 0 Å². The average Bonchev–Trinajstić information content (AvgIpc) is 2.77. The zero-order valence-corrected chi connectivity index (χ0v) is 11.6. The summed E-state index contributed by atoms with van der Waals surface area (Å²) in [4.78, 5) is 22.1. The third kappa shape index (κ3) is 2.89. The fourth-order valence-electron chi connectivity index (χ4n) is 1.51. The number of anilines is 1. The van der Waals surface area contributed by atoms with E-state index in [1.165, 1.54) is 0 Å². The second-order valence-electron chi connectivity index (χ2n) is 3.94. The molecule has 0 aliphatic rings. The van der Waals surface area contributed by atoms with Crippen LogP contribution in [0.3, 0.4) is 0 Å². The summed E-state index contributed by atoms with van der Waals surface area (Å²) in [5.74, 6) is -0.349. The summed E-state index contributed by atoms with van der Waals surface area (Å²) in [7, 11) is 0. The first kappa shape index (κ1) is 14.3. The first-order valence-electron chi connectivity index (χ1n) is 5.35. The van der Waals surface area contributed by atoms with Gasteiger partial charge in [0.25, 0.3) is 11.6 Å². The van der Waals surface area contributed by atoms with E-state index in [2.05, 4.69) is 15.5 Å². The lowest BCUT2D eigenvalue weighted by molar-refractivity contribution is -0.384. The van der Waals surface area contributed by atoms with Crippen molar-refractivity contribution >= 4 is 40.6 Å². The van der Waals surface area contributed by atoms with Crippen LogP contribution in [0.1, 0.15) is 16.1 Å². The summed E-state index contributed by atoms with van der Waals surface area (Å²) in [5.41, 5.74) is 0.345. The van der Waals surface area contributed by atoms with Crippen LogP contribution >= 0.6 is 23.2 Å². The Morgan fingerprint density at radius 3 is 2.65 bits per heavy atom. The molecular weight excluding hydrogens is 307 g/mol. The van der Waals surface area contributed by atoms with E-state index in [4.69, 9.17) is 23.2 Å². The Balaban J connectivity index is 2.36. The summed E-state index contributed by atoms with van der Waals surface area (Å²) in [5, 5.41) is 19.6. The second-order valence-corrected chi connectivity index (χ2v) is 4.72. The van der Waals surface area contributed by atoms with E-state index in [0.717, 1.165) is 17.8 Å². The molecule has 104 valence electrons. The van der Waals surface area contributed by atoms with Crippen LogP contribution < -0.4 is 5.32 Å². The number of aromatic nitrogens is 2. The summed E-state index contributed by atoms with van der Waals surface area (Å²) < 4.78 is 0. The molecule has 0 aliphatic carbocycles. The summed E-state index contributed by atoms with van der Waals surface area (Å²) >= 11 is 11.7. The number of hydrogen-bond acceptors (Lipinski definition) is 4. The Kier molecular flexibility index (Phi) is 3.91. The van der Waals surface area contributed by atoms with Gasteiger partial charge in [-0.1, -0.05) is 23.2 Å². The first-order valence-corrected chi connectivity index (χ1v) is 6.11. The number of nitro benzene ring substituents is 1. The van der Waals surface area contributed by atoms with Crippen molar-refractivity contribution in [2.75, 3.05) is 5.32 Å². The van der Waals surface area contributed by atoms with Crippen molar-refractivity contribution in [2.45, 2.75) is 6.92 Å². The van der Waals surface area contributed by atoms with Crippen molar-refractivity contribution in [3.05, 3.63) is 49.6 Å². The minimum absolute atomic E-state index is 0.0537. The third-order valence-corrected chi connectivity index (χ3v) is 3.22. The topological polar surface area (TPSA) is 101 Å². The lowest BCUT2D eigenvalue weighted by Crippen LogP contribution is -2.13. The highest BCUT2D eigenvalue weighted by molar-refractivity contribution is 6.44. The number of halogens is 2. The maximum Gasteiger partial charge on any atom is 0.271 e. The van der Waals surface area contributed by atoms with Gasteiger partial charge in [0.15, 0.2) is 5.82 Å². The highest BCUT2D eigenvalue weighted by atomic mass is 35.5. The van der Waals surface area contributed by atoms with Gasteiger partial charge in [0.2, 0.25) is 0 Å². The van der Waals surface area contributed by atoms with Crippen molar-refractivity contribution in [1.82, 2.24) is 10.2 Å². The van der Waals surface area contributed by atoms with Crippen molar-refractivity contribution in [1.29, 1.82) is 0 Å². The van der Waals surface area contributed by atoms with Crippen molar-refractivity contribution in [3.63, 3.8) is 0 Å². The molecule has 9 heteroatoms. The van der Waals surface area contributed by atoms with Crippen LogP contribution in [0.2, 0.25) is 10.0 Å². The number of aromatic amines is 1. The zero-order chi connectivity index (χ0) is 14.9. The monoisotopic (exact) mass is 314 g/mol. The number of amides is 1. The van der Waals surface area contributed by atoms with Gasteiger partial charge in [0.05, 0.1) is 20.5 Å². The highest BCUT2D eigenvalue weighted by Gasteiger charge is 2.20. The molecule has 2 rings (SSSR count). The predicted octanol–water partition coefficient (Wildman–Crippen LogP) is 3.19. The van der Waals surface area contributed by atoms with Crippen LogP contribution in [-0.2, 0) is 0 Å². The lowest BCUT2D eigenvalue weighted by Gasteiger charge is -2.05. The summed E-state index contributed by atoms with van der Waals surface area (Å²) in [6.45, 7) is 1.76. The smallest absolute Gasteiger partial charge is 0.271 e. The van der Waals surface area contributed by atoms with Gasteiger partial charge >= 0.3 is 0 Å². The quantitative estimate of drug-likeness (QED) is 0.671. The van der Waals surface area contributed by atoms with Gasteiger partial charge in [-0.25, -0.2) is 0 Å². The molecule has 1 amide bonds. The van der Waals surface area contributed by atoms with E-state index in [9.17, 15) is 14.9 Å². The molecule has 0 spiro atoms. The minimum Gasteiger partial charge on any atom is -0.305 e. The maximum atomic E-state index is 12.0. The number of hydrogen-bond donors (Lipinski definition) is 2. The van der Waals surface area contributed by atoms with Gasteiger partial charge in [-0.3, -0.25) is 20.0 Å². The molecule has 0 saturated heterocycles. The van der Waals surface area contributed by atoms with Crippen molar-refractivity contribution < 1.29 is 9.72 Å². The molecule has 0 bridgehead atoms. The fourth-order valence-corrected chi connectivity index (χ4v) is 1.92. The molecule has 0 saturated carbocycles. The number of nitrogens with one attached hydrogen (secondary N) is 2.